The molecule has 0 saturated heterocycles. The summed E-state index contributed by atoms with van der Waals surface area (Å²) >= 11 is 0. The molecule has 0 aromatic carbocycles. The molecule has 1 N–H and O–H groups in total. The van der Waals surface area contributed by atoms with Gasteiger partial charge in [-0.15, -0.1) is 0 Å². The van der Waals surface area contributed by atoms with Crippen LogP contribution in [0.2, 0.25) is 0 Å². The molecule has 0 radical (unpaired) electrons. The Kier molecular flexibility index (Phi) is 16.0. The third-order valence-electron chi connectivity index (χ3n) is 2.65. The Bertz CT molecular complexity index is 96.3. The lowest BCUT2D eigenvalue weighted by molar-refractivity contribution is 0.208. The topological polar surface area (TPSA) is 26.7 Å². The van der Waals surface area contributed by atoms with Crippen molar-refractivity contribution in [1.29, 1.82) is 0 Å². The predicted molar refractivity (Wildman–Crippen MR) is 68.3 cm³/mol. The fraction of sp³-hybridized carbons (Fsp3) is 1.00. The predicted octanol–water partition coefficient (Wildman–Crippen LogP) is 1.67. The Morgan fingerprint density at radius 2 is 1.00 bits per heavy atom. The molecule has 0 fully saturated rings. The van der Waals surface area contributed by atoms with E-state index in [0.717, 1.165) is 19.6 Å². The molecule has 0 atom stereocenters. The zero-order chi connectivity index (χ0) is 12.1. The molecule has 0 aromatic heterocycles. The van der Waals surface area contributed by atoms with Gasteiger partial charge in [-0.1, -0.05) is 34.6 Å². The number of likely N-dealkylation sites (N-methyl/N-ethyl adjacent to an activating group) is 1. The number of aliphatic hydroxyl groups excluding tert-OH is 1. The first-order valence-electron chi connectivity index (χ1n) is 6.25. The van der Waals surface area contributed by atoms with Crippen LogP contribution in [0.4, 0.5) is 0 Å². The second kappa shape index (κ2) is 13.9. The number of hydrogen-bond acceptors (Lipinski definition) is 3. The SMILES string of the molecule is CCN(CC)CC.CCN(CC)CCO. The van der Waals surface area contributed by atoms with Gasteiger partial charge < -0.3 is 14.9 Å². The van der Waals surface area contributed by atoms with Gasteiger partial charge in [-0.05, 0) is 32.7 Å². The lowest BCUT2D eigenvalue weighted by Crippen LogP contribution is -2.25. The summed E-state index contributed by atoms with van der Waals surface area (Å²) in [5.74, 6) is 0. The molecule has 0 spiro atoms. The van der Waals surface area contributed by atoms with Gasteiger partial charge >= 0.3 is 0 Å². The van der Waals surface area contributed by atoms with E-state index in [1.165, 1.54) is 19.6 Å². The van der Waals surface area contributed by atoms with Crippen molar-refractivity contribution in [2.45, 2.75) is 34.6 Å². The second-order valence-electron chi connectivity index (χ2n) is 3.37. The first-order valence-corrected chi connectivity index (χ1v) is 6.25. The summed E-state index contributed by atoms with van der Waals surface area (Å²) in [4.78, 5) is 4.56. The molecular weight excluding hydrogens is 188 g/mol. The fourth-order valence-corrected chi connectivity index (χ4v) is 1.35. The molecular formula is C12H30N2O. The summed E-state index contributed by atoms with van der Waals surface area (Å²) in [5.41, 5.74) is 0. The van der Waals surface area contributed by atoms with E-state index in [1.54, 1.807) is 0 Å². The van der Waals surface area contributed by atoms with Crippen molar-refractivity contribution in [3.63, 3.8) is 0 Å². The maximum absolute atomic E-state index is 8.46. The lowest BCUT2D eigenvalue weighted by atomic mass is 10.5. The largest absolute Gasteiger partial charge is 0.395 e. The molecule has 0 amide bonds. The van der Waals surface area contributed by atoms with Crippen molar-refractivity contribution in [2.24, 2.45) is 0 Å². The van der Waals surface area contributed by atoms with E-state index in [2.05, 4.69) is 44.4 Å². The van der Waals surface area contributed by atoms with Crippen molar-refractivity contribution >= 4 is 0 Å². The van der Waals surface area contributed by atoms with Crippen molar-refractivity contribution < 1.29 is 5.11 Å². The van der Waals surface area contributed by atoms with Crippen LogP contribution in [-0.2, 0) is 0 Å². The summed E-state index contributed by atoms with van der Waals surface area (Å²) in [7, 11) is 0. The van der Waals surface area contributed by atoms with Crippen LogP contribution < -0.4 is 0 Å². The maximum Gasteiger partial charge on any atom is 0.0558 e. The van der Waals surface area contributed by atoms with Gasteiger partial charge in [0.1, 0.15) is 0 Å². The van der Waals surface area contributed by atoms with Gasteiger partial charge in [0.2, 0.25) is 0 Å². The van der Waals surface area contributed by atoms with Crippen molar-refractivity contribution in [2.75, 3.05) is 45.9 Å². The number of rotatable bonds is 7. The van der Waals surface area contributed by atoms with Gasteiger partial charge in [-0.25, -0.2) is 0 Å². The maximum atomic E-state index is 8.46. The molecule has 3 nitrogen and oxygen atoms in total. The van der Waals surface area contributed by atoms with E-state index in [1.807, 2.05) is 0 Å². The van der Waals surface area contributed by atoms with E-state index in [-0.39, 0.29) is 6.61 Å². The van der Waals surface area contributed by atoms with Gasteiger partial charge in [-0.2, -0.15) is 0 Å². The third kappa shape index (κ3) is 11.8. The summed E-state index contributed by atoms with van der Waals surface area (Å²) < 4.78 is 0. The minimum Gasteiger partial charge on any atom is -0.395 e. The summed E-state index contributed by atoms with van der Waals surface area (Å²) in [6.07, 6.45) is 0. The van der Waals surface area contributed by atoms with Crippen LogP contribution in [0.3, 0.4) is 0 Å². The van der Waals surface area contributed by atoms with Crippen LogP contribution in [0.1, 0.15) is 34.6 Å². The molecule has 0 bridgehead atoms. The molecule has 15 heavy (non-hydrogen) atoms. The quantitative estimate of drug-likeness (QED) is 0.704. The number of hydrogen-bond donors (Lipinski definition) is 1. The highest BCUT2D eigenvalue weighted by Gasteiger charge is 1.93. The number of nitrogens with zero attached hydrogens (tertiary/aromatic N) is 2. The van der Waals surface area contributed by atoms with Crippen LogP contribution in [-0.4, -0.2) is 60.8 Å². The number of aliphatic hydroxyl groups is 1. The summed E-state index contributed by atoms with van der Waals surface area (Å²) in [6, 6.07) is 0. The molecule has 0 unspecified atom stereocenters. The Hall–Kier alpha value is -0.120. The molecule has 0 aliphatic rings. The van der Waals surface area contributed by atoms with Crippen molar-refractivity contribution in [3.8, 4) is 0 Å². The molecule has 94 valence electrons. The van der Waals surface area contributed by atoms with Crippen molar-refractivity contribution in [1.82, 2.24) is 9.80 Å². The highest BCUT2D eigenvalue weighted by molar-refractivity contribution is 4.48. The van der Waals surface area contributed by atoms with Crippen LogP contribution in [0, 0.1) is 0 Å². The molecule has 0 rings (SSSR count). The van der Waals surface area contributed by atoms with Crippen LogP contribution >= 0.6 is 0 Å². The molecule has 0 heterocycles. The summed E-state index contributed by atoms with van der Waals surface area (Å²) in [6.45, 7) is 17.5. The molecule has 3 heteroatoms. The first kappa shape index (κ1) is 17.3. The van der Waals surface area contributed by atoms with E-state index < -0.39 is 0 Å². The normalized spacial score (nSPS) is 10.4. The minimum absolute atomic E-state index is 0.279. The smallest absolute Gasteiger partial charge is 0.0558 e. The van der Waals surface area contributed by atoms with Gasteiger partial charge in [0.25, 0.3) is 0 Å². The van der Waals surface area contributed by atoms with Gasteiger partial charge in [0, 0.05) is 6.54 Å². The highest BCUT2D eigenvalue weighted by Crippen LogP contribution is 1.82. The monoisotopic (exact) mass is 218 g/mol. The van der Waals surface area contributed by atoms with Gasteiger partial charge in [-0.3, -0.25) is 0 Å². The van der Waals surface area contributed by atoms with Crippen LogP contribution in [0.25, 0.3) is 0 Å². The van der Waals surface area contributed by atoms with Crippen molar-refractivity contribution in [3.05, 3.63) is 0 Å². The Morgan fingerprint density at radius 3 is 1.07 bits per heavy atom. The summed E-state index contributed by atoms with van der Waals surface area (Å²) in [5, 5.41) is 8.46. The highest BCUT2D eigenvalue weighted by atomic mass is 16.3. The van der Waals surface area contributed by atoms with E-state index in [4.69, 9.17) is 5.11 Å². The molecule has 0 aliphatic heterocycles. The van der Waals surface area contributed by atoms with Gasteiger partial charge in [0.05, 0.1) is 6.61 Å². The fourth-order valence-electron chi connectivity index (χ4n) is 1.35. The first-order chi connectivity index (χ1) is 7.19. The molecule has 0 aliphatic carbocycles. The third-order valence-corrected chi connectivity index (χ3v) is 2.65. The standard InChI is InChI=1S/C6H15NO.C6H15N/c1-3-7(4-2)5-6-8;1-4-7(5-2)6-3/h8H,3-6H2,1-2H3;4-6H2,1-3H3. The van der Waals surface area contributed by atoms with Gasteiger partial charge in [0.15, 0.2) is 0 Å². The Balaban J connectivity index is 0. The molecule has 0 aromatic rings. The minimum atomic E-state index is 0.279. The van der Waals surface area contributed by atoms with E-state index in [0.29, 0.717) is 0 Å². The van der Waals surface area contributed by atoms with Crippen LogP contribution in [0.5, 0.6) is 0 Å². The zero-order valence-corrected chi connectivity index (χ0v) is 11.3. The lowest BCUT2D eigenvalue weighted by Gasteiger charge is -2.15. The Labute approximate surface area is 96.1 Å². The average Bonchev–Trinajstić information content (AvgIpc) is 2.29. The zero-order valence-electron chi connectivity index (χ0n) is 11.3. The Morgan fingerprint density at radius 1 is 0.667 bits per heavy atom. The van der Waals surface area contributed by atoms with Crippen LogP contribution in [0.15, 0.2) is 0 Å². The second-order valence-corrected chi connectivity index (χ2v) is 3.37. The average molecular weight is 218 g/mol. The van der Waals surface area contributed by atoms with E-state index >= 15 is 0 Å². The molecule has 0 saturated carbocycles. The van der Waals surface area contributed by atoms with E-state index in [9.17, 15) is 0 Å².